The summed E-state index contributed by atoms with van der Waals surface area (Å²) in [4.78, 5) is 2.79. The van der Waals surface area contributed by atoms with Crippen LogP contribution in [0.3, 0.4) is 0 Å². The van der Waals surface area contributed by atoms with Crippen molar-refractivity contribution >= 4 is 0 Å². The van der Waals surface area contributed by atoms with Crippen LogP contribution in [0.5, 0.6) is 0 Å². The molecule has 3 nitrogen and oxygen atoms in total. The molecule has 0 amide bonds. The molecule has 21 heavy (non-hydrogen) atoms. The molecule has 2 N–H and O–H groups in total. The highest BCUT2D eigenvalue weighted by Crippen LogP contribution is 2.35. The molecule has 124 valence electrons. The fourth-order valence-electron chi connectivity index (χ4n) is 4.49. The third kappa shape index (κ3) is 4.94. The van der Waals surface area contributed by atoms with Crippen molar-refractivity contribution in [1.29, 1.82) is 0 Å². The highest BCUT2D eigenvalue weighted by atomic mass is 16.3. The number of nitrogens with zero attached hydrogens (tertiary/aromatic N) is 1. The van der Waals surface area contributed by atoms with E-state index in [1.165, 1.54) is 64.5 Å². The Hall–Kier alpha value is -0.120. The van der Waals surface area contributed by atoms with Crippen LogP contribution in [0.15, 0.2) is 0 Å². The van der Waals surface area contributed by atoms with Gasteiger partial charge >= 0.3 is 0 Å². The first kappa shape index (κ1) is 17.2. The number of fused-ring (bicyclic) bond motifs is 1. The van der Waals surface area contributed by atoms with Gasteiger partial charge in [0.2, 0.25) is 0 Å². The largest absolute Gasteiger partial charge is 0.394 e. The molecule has 0 spiro atoms. The van der Waals surface area contributed by atoms with Crippen molar-refractivity contribution in [1.82, 2.24) is 10.2 Å². The molecule has 1 aliphatic carbocycles. The van der Waals surface area contributed by atoms with E-state index in [1.807, 2.05) is 0 Å². The molecule has 1 saturated heterocycles. The lowest BCUT2D eigenvalue weighted by atomic mass is 9.78. The van der Waals surface area contributed by atoms with Crippen LogP contribution in [0.2, 0.25) is 0 Å². The summed E-state index contributed by atoms with van der Waals surface area (Å²) in [6, 6.07) is 0.894. The van der Waals surface area contributed by atoms with Gasteiger partial charge in [0.15, 0.2) is 0 Å². The molecule has 2 aliphatic rings. The number of rotatable bonds is 8. The zero-order valence-electron chi connectivity index (χ0n) is 14.2. The number of hydrogen-bond acceptors (Lipinski definition) is 3. The molecule has 0 aromatic carbocycles. The predicted octanol–water partition coefficient (Wildman–Crippen LogP) is 3.17. The number of nitrogens with one attached hydrogen (secondary N) is 1. The molecule has 3 heteroatoms. The SMILES string of the molecule is CCNC(C)(CO)CCCCN1CCC[C@H]2CCCC[C@H]21. The van der Waals surface area contributed by atoms with E-state index in [9.17, 15) is 5.11 Å². The summed E-state index contributed by atoms with van der Waals surface area (Å²) in [5.41, 5.74) is -0.0793. The highest BCUT2D eigenvalue weighted by molar-refractivity contribution is 4.87. The van der Waals surface area contributed by atoms with Crippen LogP contribution in [0.25, 0.3) is 0 Å². The Bertz CT molecular complexity index is 295. The van der Waals surface area contributed by atoms with Gasteiger partial charge in [0, 0.05) is 11.6 Å². The molecule has 0 bridgehead atoms. The van der Waals surface area contributed by atoms with Gasteiger partial charge in [0.05, 0.1) is 6.61 Å². The molecule has 0 radical (unpaired) electrons. The van der Waals surface area contributed by atoms with E-state index in [2.05, 4.69) is 24.1 Å². The van der Waals surface area contributed by atoms with E-state index < -0.39 is 0 Å². The molecule has 2 fully saturated rings. The first-order chi connectivity index (χ1) is 10.2. The minimum Gasteiger partial charge on any atom is -0.394 e. The van der Waals surface area contributed by atoms with Crippen molar-refractivity contribution in [3.63, 3.8) is 0 Å². The summed E-state index contributed by atoms with van der Waals surface area (Å²) in [7, 11) is 0. The second-order valence-corrected chi connectivity index (χ2v) is 7.50. The number of aliphatic hydroxyl groups is 1. The molecule has 1 saturated carbocycles. The second kappa shape index (κ2) is 8.50. The molecule has 1 unspecified atom stereocenters. The van der Waals surface area contributed by atoms with E-state index in [0.717, 1.165) is 24.9 Å². The van der Waals surface area contributed by atoms with Gasteiger partial charge < -0.3 is 15.3 Å². The summed E-state index contributed by atoms with van der Waals surface area (Å²) >= 11 is 0. The molecule has 0 aromatic rings. The lowest BCUT2D eigenvalue weighted by Gasteiger charge is -2.44. The van der Waals surface area contributed by atoms with Crippen LogP contribution in [0, 0.1) is 5.92 Å². The minimum atomic E-state index is -0.0793. The monoisotopic (exact) mass is 296 g/mol. The first-order valence-electron chi connectivity index (χ1n) is 9.28. The third-order valence-electron chi connectivity index (χ3n) is 5.73. The standard InChI is InChI=1S/C18H36N2O/c1-3-19-18(2,15-21)12-6-7-13-20-14-8-10-16-9-4-5-11-17(16)20/h16-17,19,21H,3-15H2,1-2H3/t16-,17-,18?/m1/s1. The van der Waals surface area contributed by atoms with Crippen molar-refractivity contribution in [2.75, 3.05) is 26.2 Å². The maximum atomic E-state index is 9.55. The molecule has 1 heterocycles. The lowest BCUT2D eigenvalue weighted by Crippen LogP contribution is -2.47. The van der Waals surface area contributed by atoms with E-state index in [0.29, 0.717) is 0 Å². The van der Waals surface area contributed by atoms with Crippen LogP contribution in [0.1, 0.15) is 71.6 Å². The van der Waals surface area contributed by atoms with Gasteiger partial charge in [0.25, 0.3) is 0 Å². The fourth-order valence-corrected chi connectivity index (χ4v) is 4.49. The van der Waals surface area contributed by atoms with Crippen molar-refractivity contribution in [2.45, 2.75) is 83.2 Å². The lowest BCUT2D eigenvalue weighted by molar-refractivity contribution is 0.0585. The van der Waals surface area contributed by atoms with Crippen molar-refractivity contribution < 1.29 is 5.11 Å². The van der Waals surface area contributed by atoms with Crippen LogP contribution in [-0.2, 0) is 0 Å². The van der Waals surface area contributed by atoms with Gasteiger partial charge in [0.1, 0.15) is 0 Å². The summed E-state index contributed by atoms with van der Waals surface area (Å²) in [5, 5.41) is 13.0. The number of piperidine rings is 1. The molecule has 1 aliphatic heterocycles. The topological polar surface area (TPSA) is 35.5 Å². The number of aliphatic hydroxyl groups excluding tert-OH is 1. The van der Waals surface area contributed by atoms with Crippen LogP contribution < -0.4 is 5.32 Å². The number of unbranched alkanes of at least 4 members (excludes halogenated alkanes) is 1. The molecular weight excluding hydrogens is 260 g/mol. The summed E-state index contributed by atoms with van der Waals surface area (Å²) < 4.78 is 0. The number of likely N-dealkylation sites (tertiary alicyclic amines) is 1. The second-order valence-electron chi connectivity index (χ2n) is 7.50. The number of likely N-dealkylation sites (N-methyl/N-ethyl adjacent to an activating group) is 1. The van der Waals surface area contributed by atoms with E-state index in [-0.39, 0.29) is 12.1 Å². The van der Waals surface area contributed by atoms with Gasteiger partial charge in [-0.05, 0) is 71.0 Å². The highest BCUT2D eigenvalue weighted by Gasteiger charge is 2.32. The Morgan fingerprint density at radius 1 is 1.14 bits per heavy atom. The Balaban J connectivity index is 1.70. The first-order valence-corrected chi connectivity index (χ1v) is 9.28. The molecule has 3 atom stereocenters. The fraction of sp³-hybridized carbons (Fsp3) is 1.00. The molecular formula is C18H36N2O. The Kier molecular flexibility index (Phi) is 6.97. The maximum absolute atomic E-state index is 9.55. The quantitative estimate of drug-likeness (QED) is 0.675. The summed E-state index contributed by atoms with van der Waals surface area (Å²) in [6.45, 7) is 8.04. The normalized spacial score (nSPS) is 29.9. The molecule has 2 rings (SSSR count). The van der Waals surface area contributed by atoms with Gasteiger partial charge in [-0.2, -0.15) is 0 Å². The van der Waals surface area contributed by atoms with Crippen molar-refractivity contribution in [3.05, 3.63) is 0 Å². The van der Waals surface area contributed by atoms with Crippen LogP contribution in [0.4, 0.5) is 0 Å². The predicted molar refractivity (Wildman–Crippen MR) is 89.6 cm³/mol. The van der Waals surface area contributed by atoms with E-state index >= 15 is 0 Å². The van der Waals surface area contributed by atoms with E-state index in [1.54, 1.807) is 0 Å². The Morgan fingerprint density at radius 3 is 2.67 bits per heavy atom. The zero-order chi connectivity index (χ0) is 15.1. The van der Waals surface area contributed by atoms with Gasteiger partial charge in [-0.25, -0.2) is 0 Å². The average molecular weight is 296 g/mol. The van der Waals surface area contributed by atoms with E-state index in [4.69, 9.17) is 0 Å². The number of hydrogen-bond donors (Lipinski definition) is 2. The molecule has 0 aromatic heterocycles. The smallest absolute Gasteiger partial charge is 0.0610 e. The Labute approximate surface area is 131 Å². The average Bonchev–Trinajstić information content (AvgIpc) is 2.52. The third-order valence-corrected chi connectivity index (χ3v) is 5.73. The summed E-state index contributed by atoms with van der Waals surface area (Å²) in [6.07, 6.45) is 12.3. The van der Waals surface area contributed by atoms with Gasteiger partial charge in [-0.1, -0.05) is 26.2 Å². The maximum Gasteiger partial charge on any atom is 0.0610 e. The van der Waals surface area contributed by atoms with Crippen molar-refractivity contribution in [2.24, 2.45) is 5.92 Å². The van der Waals surface area contributed by atoms with Crippen LogP contribution >= 0.6 is 0 Å². The van der Waals surface area contributed by atoms with Crippen molar-refractivity contribution in [3.8, 4) is 0 Å². The van der Waals surface area contributed by atoms with Gasteiger partial charge in [-0.15, -0.1) is 0 Å². The van der Waals surface area contributed by atoms with Gasteiger partial charge in [-0.3, -0.25) is 0 Å². The Morgan fingerprint density at radius 2 is 1.90 bits per heavy atom. The summed E-state index contributed by atoms with van der Waals surface area (Å²) in [5.74, 6) is 0.997. The minimum absolute atomic E-state index is 0.0793. The van der Waals surface area contributed by atoms with Crippen LogP contribution in [-0.4, -0.2) is 47.8 Å². The zero-order valence-corrected chi connectivity index (χ0v) is 14.2.